The molecule has 1 aromatic carbocycles. The van der Waals surface area contributed by atoms with Gasteiger partial charge in [0, 0.05) is 19.1 Å². The van der Waals surface area contributed by atoms with Crippen LogP contribution in [0.1, 0.15) is 43.2 Å². The van der Waals surface area contributed by atoms with E-state index in [2.05, 4.69) is 41.4 Å². The highest BCUT2D eigenvalue weighted by Gasteiger charge is 2.43. The first kappa shape index (κ1) is 13.8. The fourth-order valence-corrected chi connectivity index (χ4v) is 5.21. The van der Waals surface area contributed by atoms with Crippen molar-refractivity contribution in [2.24, 2.45) is 11.8 Å². The first-order valence-corrected chi connectivity index (χ1v) is 8.89. The Labute approximate surface area is 128 Å². The zero-order valence-corrected chi connectivity index (χ0v) is 13.2. The minimum absolute atomic E-state index is 0.774. The minimum Gasteiger partial charge on any atom is -0.316 e. The molecule has 2 nitrogen and oxygen atoms in total. The molecule has 4 atom stereocenters. The first-order chi connectivity index (χ1) is 10.4. The fraction of sp³-hybridized carbons (Fsp3) is 0.684. The van der Waals surface area contributed by atoms with Crippen LogP contribution in [-0.4, -0.2) is 37.1 Å². The number of hydrogen-bond acceptors (Lipinski definition) is 2. The molecule has 3 aliphatic rings. The van der Waals surface area contributed by atoms with E-state index in [1.165, 1.54) is 51.9 Å². The molecule has 0 spiro atoms. The van der Waals surface area contributed by atoms with Crippen LogP contribution in [0.5, 0.6) is 0 Å². The predicted molar refractivity (Wildman–Crippen MR) is 87.6 cm³/mol. The van der Waals surface area contributed by atoms with Gasteiger partial charge in [0.25, 0.3) is 0 Å². The van der Waals surface area contributed by atoms with E-state index in [0.29, 0.717) is 0 Å². The SMILES string of the molecule is CCC1C2CNCC2CN1CC1CCCc2ccccc21. The van der Waals surface area contributed by atoms with Crippen LogP contribution in [0.25, 0.3) is 0 Å². The Balaban J connectivity index is 1.52. The summed E-state index contributed by atoms with van der Waals surface area (Å²) in [5.74, 6) is 2.60. The Kier molecular flexibility index (Phi) is 3.76. The van der Waals surface area contributed by atoms with Crippen LogP contribution >= 0.6 is 0 Å². The number of nitrogens with zero attached hydrogens (tertiary/aromatic N) is 1. The van der Waals surface area contributed by atoms with Gasteiger partial charge in [-0.25, -0.2) is 0 Å². The van der Waals surface area contributed by atoms with Crippen molar-refractivity contribution < 1.29 is 0 Å². The summed E-state index contributed by atoms with van der Waals surface area (Å²) in [6, 6.07) is 10.00. The van der Waals surface area contributed by atoms with E-state index in [9.17, 15) is 0 Å². The van der Waals surface area contributed by atoms with Crippen molar-refractivity contribution in [2.45, 2.75) is 44.6 Å². The van der Waals surface area contributed by atoms with Crippen molar-refractivity contribution in [2.75, 3.05) is 26.2 Å². The third-order valence-corrected chi connectivity index (χ3v) is 6.19. The van der Waals surface area contributed by atoms with E-state index in [1.54, 1.807) is 11.1 Å². The second-order valence-corrected chi connectivity index (χ2v) is 7.30. The molecule has 4 rings (SSSR count). The van der Waals surface area contributed by atoms with Crippen LogP contribution in [-0.2, 0) is 6.42 Å². The Morgan fingerprint density at radius 1 is 1.24 bits per heavy atom. The maximum atomic E-state index is 3.60. The molecule has 114 valence electrons. The van der Waals surface area contributed by atoms with E-state index in [1.807, 2.05) is 0 Å². The van der Waals surface area contributed by atoms with Crippen molar-refractivity contribution in [1.82, 2.24) is 10.2 Å². The molecule has 0 amide bonds. The number of likely N-dealkylation sites (tertiary alicyclic amines) is 1. The van der Waals surface area contributed by atoms with Gasteiger partial charge in [0.15, 0.2) is 0 Å². The topological polar surface area (TPSA) is 15.3 Å². The van der Waals surface area contributed by atoms with Crippen LogP contribution < -0.4 is 5.32 Å². The van der Waals surface area contributed by atoms with Gasteiger partial charge in [-0.15, -0.1) is 0 Å². The van der Waals surface area contributed by atoms with Gasteiger partial charge in [0.1, 0.15) is 0 Å². The van der Waals surface area contributed by atoms with Gasteiger partial charge in [0.05, 0.1) is 0 Å². The predicted octanol–water partition coefficient (Wildman–Crippen LogP) is 3.04. The van der Waals surface area contributed by atoms with Crippen LogP contribution in [0.3, 0.4) is 0 Å². The van der Waals surface area contributed by atoms with E-state index in [0.717, 1.165) is 23.8 Å². The molecule has 0 radical (unpaired) electrons. The van der Waals surface area contributed by atoms with E-state index in [4.69, 9.17) is 0 Å². The van der Waals surface area contributed by atoms with Crippen LogP contribution in [0.15, 0.2) is 24.3 Å². The lowest BCUT2D eigenvalue weighted by Gasteiger charge is -2.33. The maximum absolute atomic E-state index is 3.60. The molecule has 1 aliphatic carbocycles. The van der Waals surface area contributed by atoms with Gasteiger partial charge in [-0.2, -0.15) is 0 Å². The molecule has 0 saturated carbocycles. The largest absolute Gasteiger partial charge is 0.316 e. The Morgan fingerprint density at radius 3 is 3.05 bits per heavy atom. The normalized spacial score (nSPS) is 35.7. The average Bonchev–Trinajstić information content (AvgIpc) is 3.08. The molecule has 1 N–H and O–H groups in total. The summed E-state index contributed by atoms with van der Waals surface area (Å²) in [6.07, 6.45) is 5.37. The van der Waals surface area contributed by atoms with Gasteiger partial charge in [0.2, 0.25) is 0 Å². The molecule has 2 heterocycles. The fourth-order valence-electron chi connectivity index (χ4n) is 5.21. The molecule has 21 heavy (non-hydrogen) atoms. The van der Waals surface area contributed by atoms with E-state index >= 15 is 0 Å². The molecular formula is C19H28N2. The highest BCUT2D eigenvalue weighted by Crippen LogP contribution is 2.38. The molecule has 2 saturated heterocycles. The third kappa shape index (κ3) is 2.43. The quantitative estimate of drug-likeness (QED) is 0.918. The molecular weight excluding hydrogens is 256 g/mol. The van der Waals surface area contributed by atoms with E-state index < -0.39 is 0 Å². The molecule has 0 aromatic heterocycles. The number of rotatable bonds is 3. The van der Waals surface area contributed by atoms with Crippen molar-refractivity contribution in [3.63, 3.8) is 0 Å². The first-order valence-electron chi connectivity index (χ1n) is 8.89. The molecule has 4 unspecified atom stereocenters. The molecule has 1 aromatic rings. The number of fused-ring (bicyclic) bond motifs is 2. The summed E-state index contributed by atoms with van der Waals surface area (Å²) in [5, 5.41) is 3.60. The summed E-state index contributed by atoms with van der Waals surface area (Å²) >= 11 is 0. The average molecular weight is 284 g/mol. The lowest BCUT2D eigenvalue weighted by molar-refractivity contribution is 0.200. The number of aryl methyl sites for hydroxylation is 1. The highest BCUT2D eigenvalue weighted by molar-refractivity contribution is 5.33. The van der Waals surface area contributed by atoms with Gasteiger partial charge in [-0.05, 0) is 67.7 Å². The molecule has 0 bridgehead atoms. The summed E-state index contributed by atoms with van der Waals surface area (Å²) in [6.45, 7) is 7.50. The van der Waals surface area contributed by atoms with Gasteiger partial charge in [-0.1, -0.05) is 31.2 Å². The van der Waals surface area contributed by atoms with Gasteiger partial charge < -0.3 is 5.32 Å². The summed E-state index contributed by atoms with van der Waals surface area (Å²) in [5.41, 5.74) is 3.26. The Bertz CT molecular complexity index is 498. The second-order valence-electron chi connectivity index (χ2n) is 7.30. The second kappa shape index (κ2) is 5.73. The highest BCUT2D eigenvalue weighted by atomic mass is 15.2. The van der Waals surface area contributed by atoms with Crippen molar-refractivity contribution in [3.8, 4) is 0 Å². The lowest BCUT2D eigenvalue weighted by Crippen LogP contribution is -2.38. The summed E-state index contributed by atoms with van der Waals surface area (Å²) in [4.78, 5) is 2.84. The number of benzene rings is 1. The smallest absolute Gasteiger partial charge is 0.0137 e. The molecule has 2 fully saturated rings. The lowest BCUT2D eigenvalue weighted by atomic mass is 9.82. The number of nitrogens with one attached hydrogen (secondary N) is 1. The monoisotopic (exact) mass is 284 g/mol. The van der Waals surface area contributed by atoms with Crippen LogP contribution in [0, 0.1) is 11.8 Å². The van der Waals surface area contributed by atoms with Crippen LogP contribution in [0.2, 0.25) is 0 Å². The molecule has 2 heteroatoms. The van der Waals surface area contributed by atoms with Crippen molar-refractivity contribution in [1.29, 1.82) is 0 Å². The van der Waals surface area contributed by atoms with Gasteiger partial charge >= 0.3 is 0 Å². The Morgan fingerprint density at radius 2 is 2.14 bits per heavy atom. The van der Waals surface area contributed by atoms with Crippen molar-refractivity contribution >= 4 is 0 Å². The zero-order valence-electron chi connectivity index (χ0n) is 13.2. The van der Waals surface area contributed by atoms with E-state index in [-0.39, 0.29) is 0 Å². The van der Waals surface area contributed by atoms with Crippen LogP contribution in [0.4, 0.5) is 0 Å². The standard InChI is InChI=1S/C19H28N2/c1-2-19-18-11-20-10-16(18)13-21(19)12-15-8-5-7-14-6-3-4-9-17(14)15/h3-4,6,9,15-16,18-20H,2,5,7-8,10-13H2,1H3. The molecule has 2 aliphatic heterocycles. The van der Waals surface area contributed by atoms with Gasteiger partial charge in [-0.3, -0.25) is 4.90 Å². The Hall–Kier alpha value is -0.860. The third-order valence-electron chi connectivity index (χ3n) is 6.19. The summed E-state index contributed by atoms with van der Waals surface area (Å²) in [7, 11) is 0. The van der Waals surface area contributed by atoms with Crippen molar-refractivity contribution in [3.05, 3.63) is 35.4 Å². The zero-order chi connectivity index (χ0) is 14.2. The minimum atomic E-state index is 0.774. The number of hydrogen-bond donors (Lipinski definition) is 1. The summed E-state index contributed by atoms with van der Waals surface area (Å²) < 4.78 is 0. The maximum Gasteiger partial charge on any atom is 0.0137 e.